The summed E-state index contributed by atoms with van der Waals surface area (Å²) in [6, 6.07) is 12.4. The van der Waals surface area contributed by atoms with Crippen LogP contribution in [0.25, 0.3) is 0 Å². The zero-order chi connectivity index (χ0) is 17.5. The van der Waals surface area contributed by atoms with Crippen LogP contribution in [0.1, 0.15) is 15.9 Å². The summed E-state index contributed by atoms with van der Waals surface area (Å²) < 4.78 is 9.81. The van der Waals surface area contributed by atoms with Gasteiger partial charge in [-0.3, -0.25) is 0 Å². The summed E-state index contributed by atoms with van der Waals surface area (Å²) >= 11 is 11.4. The van der Waals surface area contributed by atoms with Crippen molar-refractivity contribution in [3.8, 4) is 5.75 Å². The predicted molar refractivity (Wildman–Crippen MR) is 98.8 cm³/mol. The molecule has 0 radical (unpaired) electrons. The molecule has 0 aliphatic carbocycles. The first-order valence-electron chi connectivity index (χ1n) is 7.09. The Hall–Kier alpha value is -2.31. The number of benzene rings is 2. The Balaban J connectivity index is 1.97. The number of esters is 1. The highest BCUT2D eigenvalue weighted by Crippen LogP contribution is 2.23. The van der Waals surface area contributed by atoms with Crippen LogP contribution in [0.3, 0.4) is 0 Å². The van der Waals surface area contributed by atoms with Gasteiger partial charge in [-0.25, -0.2) is 4.79 Å². The second-order valence-electron chi connectivity index (χ2n) is 4.84. The molecule has 0 spiro atoms. The third-order valence-corrected chi connectivity index (χ3v) is 3.82. The van der Waals surface area contributed by atoms with Gasteiger partial charge in [0, 0.05) is 6.54 Å². The van der Waals surface area contributed by atoms with Gasteiger partial charge in [0.15, 0.2) is 5.11 Å². The molecular weight excluding hydrogens is 348 g/mol. The summed E-state index contributed by atoms with van der Waals surface area (Å²) in [5.74, 6) is 0.359. The fraction of sp³-hybridized carbons (Fsp3) is 0.176. The smallest absolute Gasteiger partial charge is 0.337 e. The second kappa shape index (κ2) is 8.52. The van der Waals surface area contributed by atoms with Crippen LogP contribution >= 0.6 is 23.8 Å². The molecule has 0 amide bonds. The standard InChI is InChI=1S/C17H17ClN2O3S/c1-22-13-6-3-11(4-7-13)10-19-17(24)20-15-9-12(16(21)23-2)5-8-14(15)18/h3-9H,10H2,1-2H3,(H2,19,20,24). The van der Waals surface area contributed by atoms with E-state index in [2.05, 4.69) is 10.6 Å². The van der Waals surface area contributed by atoms with Crippen molar-refractivity contribution < 1.29 is 14.3 Å². The van der Waals surface area contributed by atoms with Crippen LogP contribution in [0.15, 0.2) is 42.5 Å². The topological polar surface area (TPSA) is 59.6 Å². The van der Waals surface area contributed by atoms with Gasteiger partial charge in [-0.15, -0.1) is 0 Å². The number of hydrogen-bond donors (Lipinski definition) is 2. The molecule has 0 saturated carbocycles. The molecule has 0 saturated heterocycles. The van der Waals surface area contributed by atoms with Crippen LogP contribution in [-0.2, 0) is 11.3 Å². The number of hydrogen-bond acceptors (Lipinski definition) is 4. The highest BCUT2D eigenvalue weighted by molar-refractivity contribution is 7.80. The van der Waals surface area contributed by atoms with Gasteiger partial charge in [0.05, 0.1) is 30.5 Å². The van der Waals surface area contributed by atoms with Crippen LogP contribution in [0.2, 0.25) is 5.02 Å². The average Bonchev–Trinajstić information content (AvgIpc) is 2.61. The zero-order valence-electron chi connectivity index (χ0n) is 13.3. The quantitative estimate of drug-likeness (QED) is 0.624. The number of halogens is 1. The van der Waals surface area contributed by atoms with Crippen molar-refractivity contribution in [3.63, 3.8) is 0 Å². The number of nitrogens with one attached hydrogen (secondary N) is 2. The number of carbonyl (C=O) groups is 1. The number of ether oxygens (including phenoxy) is 2. The summed E-state index contributed by atoms with van der Waals surface area (Å²) in [5.41, 5.74) is 1.98. The summed E-state index contributed by atoms with van der Waals surface area (Å²) in [5, 5.41) is 6.91. The molecule has 2 aromatic rings. The minimum atomic E-state index is -0.438. The number of rotatable bonds is 5. The van der Waals surface area contributed by atoms with Crippen LogP contribution in [0, 0.1) is 0 Å². The van der Waals surface area contributed by atoms with E-state index in [9.17, 15) is 4.79 Å². The molecule has 0 aliphatic rings. The predicted octanol–water partition coefficient (Wildman–Crippen LogP) is 3.62. The van der Waals surface area contributed by atoms with Crippen molar-refractivity contribution in [2.75, 3.05) is 19.5 Å². The van der Waals surface area contributed by atoms with E-state index in [0.717, 1.165) is 11.3 Å². The minimum Gasteiger partial charge on any atom is -0.497 e. The largest absolute Gasteiger partial charge is 0.497 e. The van der Waals surface area contributed by atoms with Crippen molar-refractivity contribution >= 4 is 40.6 Å². The molecular formula is C17H17ClN2O3S. The number of anilines is 1. The van der Waals surface area contributed by atoms with Gasteiger partial charge >= 0.3 is 5.97 Å². The lowest BCUT2D eigenvalue weighted by molar-refractivity contribution is 0.0601. The fourth-order valence-electron chi connectivity index (χ4n) is 1.96. The number of thiocarbonyl (C=S) groups is 1. The molecule has 0 fully saturated rings. The monoisotopic (exact) mass is 364 g/mol. The molecule has 0 unspecified atom stereocenters. The lowest BCUT2D eigenvalue weighted by Gasteiger charge is -2.13. The van der Waals surface area contributed by atoms with Gasteiger partial charge in [0.25, 0.3) is 0 Å². The number of methoxy groups -OCH3 is 2. The molecule has 0 atom stereocenters. The first kappa shape index (κ1) is 18.0. The molecule has 2 N–H and O–H groups in total. The maximum Gasteiger partial charge on any atom is 0.337 e. The maximum absolute atomic E-state index is 11.6. The van der Waals surface area contributed by atoms with Crippen molar-refractivity contribution in [2.24, 2.45) is 0 Å². The molecule has 2 aromatic carbocycles. The molecule has 5 nitrogen and oxygen atoms in total. The van der Waals surface area contributed by atoms with E-state index < -0.39 is 5.97 Å². The van der Waals surface area contributed by atoms with Crippen LogP contribution in [-0.4, -0.2) is 25.3 Å². The third kappa shape index (κ3) is 4.84. The van der Waals surface area contributed by atoms with E-state index in [4.69, 9.17) is 33.3 Å². The minimum absolute atomic E-state index is 0.391. The third-order valence-electron chi connectivity index (χ3n) is 3.25. The summed E-state index contributed by atoms with van der Waals surface area (Å²) in [6.45, 7) is 0.546. The van der Waals surface area contributed by atoms with Gasteiger partial charge in [-0.2, -0.15) is 0 Å². The summed E-state index contributed by atoms with van der Waals surface area (Å²) in [4.78, 5) is 11.6. The van der Waals surface area contributed by atoms with Gasteiger partial charge in [0.2, 0.25) is 0 Å². The van der Waals surface area contributed by atoms with Crippen LogP contribution in [0.4, 0.5) is 5.69 Å². The van der Waals surface area contributed by atoms with E-state index in [-0.39, 0.29) is 0 Å². The lowest BCUT2D eigenvalue weighted by Crippen LogP contribution is -2.28. The lowest BCUT2D eigenvalue weighted by atomic mass is 10.2. The summed E-state index contributed by atoms with van der Waals surface area (Å²) in [6.07, 6.45) is 0. The fourth-order valence-corrected chi connectivity index (χ4v) is 2.31. The first-order valence-corrected chi connectivity index (χ1v) is 7.87. The van der Waals surface area contributed by atoms with Crippen molar-refractivity contribution in [1.29, 1.82) is 0 Å². The van der Waals surface area contributed by atoms with Crippen molar-refractivity contribution in [1.82, 2.24) is 5.32 Å². The molecule has 0 heterocycles. The Morgan fingerprint density at radius 2 is 1.88 bits per heavy atom. The Kier molecular flexibility index (Phi) is 6.40. The molecule has 24 heavy (non-hydrogen) atoms. The van der Waals surface area contributed by atoms with E-state index in [0.29, 0.717) is 27.9 Å². The zero-order valence-corrected chi connectivity index (χ0v) is 14.8. The molecule has 126 valence electrons. The first-order chi connectivity index (χ1) is 11.5. The van der Waals surface area contributed by atoms with E-state index in [1.807, 2.05) is 24.3 Å². The Morgan fingerprint density at radius 1 is 1.17 bits per heavy atom. The van der Waals surface area contributed by atoms with Crippen molar-refractivity contribution in [2.45, 2.75) is 6.54 Å². The highest BCUT2D eigenvalue weighted by Gasteiger charge is 2.10. The second-order valence-corrected chi connectivity index (χ2v) is 5.66. The van der Waals surface area contributed by atoms with Crippen molar-refractivity contribution in [3.05, 3.63) is 58.6 Å². The Morgan fingerprint density at radius 3 is 2.50 bits per heavy atom. The Bertz CT molecular complexity index is 735. The highest BCUT2D eigenvalue weighted by atomic mass is 35.5. The number of carbonyl (C=O) groups excluding carboxylic acids is 1. The van der Waals surface area contributed by atoms with Gasteiger partial charge in [-0.05, 0) is 48.1 Å². The summed E-state index contributed by atoms with van der Waals surface area (Å²) in [7, 11) is 2.95. The normalized spacial score (nSPS) is 9.96. The molecule has 0 bridgehead atoms. The van der Waals surface area contributed by atoms with E-state index in [1.165, 1.54) is 7.11 Å². The average molecular weight is 365 g/mol. The van der Waals surface area contributed by atoms with Gasteiger partial charge < -0.3 is 20.1 Å². The molecule has 2 rings (SSSR count). The van der Waals surface area contributed by atoms with E-state index in [1.54, 1.807) is 25.3 Å². The molecule has 7 heteroatoms. The molecule has 0 aromatic heterocycles. The van der Waals surface area contributed by atoms with Crippen LogP contribution in [0.5, 0.6) is 5.75 Å². The van der Waals surface area contributed by atoms with Gasteiger partial charge in [0.1, 0.15) is 5.75 Å². The van der Waals surface area contributed by atoms with E-state index >= 15 is 0 Å². The molecule has 0 aliphatic heterocycles. The Labute approximate surface area is 150 Å². The van der Waals surface area contributed by atoms with Crippen LogP contribution < -0.4 is 15.4 Å². The maximum atomic E-state index is 11.6. The SMILES string of the molecule is COC(=O)c1ccc(Cl)c(NC(=S)NCc2ccc(OC)cc2)c1. The van der Waals surface area contributed by atoms with Gasteiger partial charge in [-0.1, -0.05) is 23.7 Å².